The molecule has 1 fully saturated rings. The van der Waals surface area contributed by atoms with Gasteiger partial charge in [-0.05, 0) is 31.2 Å². The van der Waals surface area contributed by atoms with Crippen LogP contribution in [0.1, 0.15) is 18.9 Å². The molecular weight excluding hydrogens is 336 g/mol. The summed E-state index contributed by atoms with van der Waals surface area (Å²) < 4.78 is 16.9. The highest BCUT2D eigenvalue weighted by atomic mass is 16.5. The summed E-state index contributed by atoms with van der Waals surface area (Å²) in [5.41, 5.74) is 1.16. The number of hydrogen-bond donors (Lipinski definition) is 1. The number of nitrogens with zero attached hydrogens (tertiary/aromatic N) is 2. The zero-order valence-electron chi connectivity index (χ0n) is 15.9. The number of rotatable bonds is 10. The lowest BCUT2D eigenvalue weighted by Crippen LogP contribution is -2.47. The van der Waals surface area contributed by atoms with Crippen LogP contribution in [-0.2, 0) is 16.1 Å². The van der Waals surface area contributed by atoms with E-state index in [2.05, 4.69) is 17.9 Å². The zero-order valence-corrected chi connectivity index (χ0v) is 15.9. The standard InChI is InChI=1S/C19H30N2O5/c1-4-8-26-17-6-5-15(10-18(17)24-3)11-21-7-9-25-16(13-21)12-20(2)14-19(22)23/h5-6,10,16H,4,7-9,11-14H2,1-3H3,(H,22,23). The van der Waals surface area contributed by atoms with Crippen molar-refractivity contribution < 1.29 is 24.1 Å². The van der Waals surface area contributed by atoms with Gasteiger partial charge in [-0.2, -0.15) is 0 Å². The number of hydrogen-bond acceptors (Lipinski definition) is 6. The third kappa shape index (κ3) is 6.48. The molecule has 1 N–H and O–H groups in total. The Morgan fingerprint density at radius 3 is 2.92 bits per heavy atom. The lowest BCUT2D eigenvalue weighted by molar-refractivity contribution is -0.138. The highest BCUT2D eigenvalue weighted by Crippen LogP contribution is 2.29. The van der Waals surface area contributed by atoms with Crippen molar-refractivity contribution in [3.8, 4) is 11.5 Å². The van der Waals surface area contributed by atoms with Gasteiger partial charge in [0.25, 0.3) is 0 Å². The summed E-state index contributed by atoms with van der Waals surface area (Å²) >= 11 is 0. The second kappa shape index (κ2) is 10.4. The summed E-state index contributed by atoms with van der Waals surface area (Å²) in [6.45, 7) is 6.46. The zero-order chi connectivity index (χ0) is 18.9. The number of carboxylic acids is 1. The SMILES string of the molecule is CCCOc1ccc(CN2CCOC(CN(C)CC(=O)O)C2)cc1OC. The molecule has 1 aromatic rings. The van der Waals surface area contributed by atoms with Crippen LogP contribution in [0.15, 0.2) is 18.2 Å². The Hall–Kier alpha value is -1.83. The second-order valence-electron chi connectivity index (χ2n) is 6.65. The smallest absolute Gasteiger partial charge is 0.317 e. The van der Waals surface area contributed by atoms with Crippen LogP contribution in [0, 0.1) is 0 Å². The largest absolute Gasteiger partial charge is 0.493 e. The van der Waals surface area contributed by atoms with E-state index in [0.29, 0.717) is 19.8 Å². The van der Waals surface area contributed by atoms with Crippen LogP contribution in [0.5, 0.6) is 11.5 Å². The van der Waals surface area contributed by atoms with Crippen LogP contribution in [0.2, 0.25) is 0 Å². The van der Waals surface area contributed by atoms with Crippen LogP contribution in [-0.4, -0.2) is 80.5 Å². The summed E-state index contributed by atoms with van der Waals surface area (Å²) in [5, 5.41) is 8.87. The topological polar surface area (TPSA) is 71.5 Å². The number of benzene rings is 1. The molecule has 7 nitrogen and oxygen atoms in total. The van der Waals surface area contributed by atoms with Gasteiger partial charge in [-0.25, -0.2) is 0 Å². The molecule has 1 aromatic carbocycles. The van der Waals surface area contributed by atoms with Crippen LogP contribution >= 0.6 is 0 Å². The number of likely N-dealkylation sites (N-methyl/N-ethyl adjacent to an activating group) is 1. The van der Waals surface area contributed by atoms with E-state index in [4.69, 9.17) is 19.3 Å². The van der Waals surface area contributed by atoms with Gasteiger partial charge in [-0.15, -0.1) is 0 Å². The molecule has 146 valence electrons. The average Bonchev–Trinajstić information content (AvgIpc) is 2.60. The number of carboxylic acid groups (broad SMARTS) is 1. The van der Waals surface area contributed by atoms with Crippen LogP contribution in [0.3, 0.4) is 0 Å². The average molecular weight is 366 g/mol. The molecule has 1 unspecified atom stereocenters. The normalized spacial score (nSPS) is 18.1. The summed E-state index contributed by atoms with van der Waals surface area (Å²) in [6, 6.07) is 6.04. The molecule has 2 rings (SSSR count). The molecule has 0 spiro atoms. The fourth-order valence-corrected chi connectivity index (χ4v) is 3.08. The van der Waals surface area contributed by atoms with E-state index in [-0.39, 0.29) is 12.6 Å². The first-order valence-corrected chi connectivity index (χ1v) is 9.05. The predicted octanol–water partition coefficient (Wildman–Crippen LogP) is 1.70. The van der Waals surface area contributed by atoms with Crippen molar-refractivity contribution in [2.75, 3.05) is 53.6 Å². The third-order valence-electron chi connectivity index (χ3n) is 4.24. The Morgan fingerprint density at radius 1 is 1.42 bits per heavy atom. The Balaban J connectivity index is 1.92. The maximum Gasteiger partial charge on any atom is 0.317 e. The molecule has 7 heteroatoms. The Kier molecular flexibility index (Phi) is 8.15. The van der Waals surface area contributed by atoms with Crippen LogP contribution in [0.4, 0.5) is 0 Å². The predicted molar refractivity (Wildman–Crippen MR) is 98.9 cm³/mol. The Bertz CT molecular complexity index is 581. The highest BCUT2D eigenvalue weighted by Gasteiger charge is 2.22. The Morgan fingerprint density at radius 2 is 2.23 bits per heavy atom. The maximum absolute atomic E-state index is 10.8. The Labute approximate surface area is 155 Å². The van der Waals surface area contributed by atoms with Crippen LogP contribution < -0.4 is 9.47 Å². The minimum absolute atomic E-state index is 0.0159. The lowest BCUT2D eigenvalue weighted by atomic mass is 10.1. The summed E-state index contributed by atoms with van der Waals surface area (Å²) in [5.74, 6) is 0.702. The number of carbonyl (C=O) groups is 1. The van der Waals surface area contributed by atoms with Crippen molar-refractivity contribution in [2.24, 2.45) is 0 Å². The van der Waals surface area contributed by atoms with Crippen molar-refractivity contribution in [1.82, 2.24) is 9.80 Å². The van der Waals surface area contributed by atoms with E-state index < -0.39 is 5.97 Å². The maximum atomic E-state index is 10.8. The van der Waals surface area contributed by atoms with Gasteiger partial charge in [0.2, 0.25) is 0 Å². The highest BCUT2D eigenvalue weighted by molar-refractivity contribution is 5.69. The second-order valence-corrected chi connectivity index (χ2v) is 6.65. The molecule has 0 radical (unpaired) electrons. The number of morpholine rings is 1. The van der Waals surface area contributed by atoms with Crippen molar-refractivity contribution in [1.29, 1.82) is 0 Å². The van der Waals surface area contributed by atoms with E-state index >= 15 is 0 Å². The van der Waals surface area contributed by atoms with E-state index in [9.17, 15) is 4.79 Å². The molecule has 0 bridgehead atoms. The van der Waals surface area contributed by atoms with Crippen molar-refractivity contribution in [3.05, 3.63) is 23.8 Å². The molecule has 0 aliphatic carbocycles. The molecule has 26 heavy (non-hydrogen) atoms. The van der Waals surface area contributed by atoms with E-state index in [0.717, 1.165) is 43.1 Å². The fourth-order valence-electron chi connectivity index (χ4n) is 3.08. The van der Waals surface area contributed by atoms with Crippen molar-refractivity contribution >= 4 is 5.97 Å². The molecule has 1 atom stereocenters. The van der Waals surface area contributed by atoms with Gasteiger partial charge < -0.3 is 19.3 Å². The first-order chi connectivity index (χ1) is 12.5. The van der Waals surface area contributed by atoms with Gasteiger partial charge in [0, 0.05) is 26.2 Å². The van der Waals surface area contributed by atoms with Crippen LogP contribution in [0.25, 0.3) is 0 Å². The molecule has 1 aliphatic heterocycles. The molecule has 1 aliphatic rings. The van der Waals surface area contributed by atoms with E-state index in [1.807, 2.05) is 12.1 Å². The quantitative estimate of drug-likeness (QED) is 0.676. The number of ether oxygens (including phenoxy) is 3. The van der Waals surface area contributed by atoms with Gasteiger partial charge >= 0.3 is 5.97 Å². The summed E-state index contributed by atoms with van der Waals surface area (Å²) in [6.07, 6.45) is 0.971. The summed E-state index contributed by atoms with van der Waals surface area (Å²) in [4.78, 5) is 14.9. The summed E-state index contributed by atoms with van der Waals surface area (Å²) in [7, 11) is 3.46. The number of methoxy groups -OCH3 is 1. The number of aliphatic carboxylic acids is 1. The third-order valence-corrected chi connectivity index (χ3v) is 4.24. The first kappa shape index (κ1) is 20.5. The van der Waals surface area contributed by atoms with Gasteiger partial charge in [0.05, 0.1) is 33.0 Å². The van der Waals surface area contributed by atoms with Gasteiger partial charge in [0.15, 0.2) is 11.5 Å². The van der Waals surface area contributed by atoms with Crippen molar-refractivity contribution in [3.63, 3.8) is 0 Å². The monoisotopic (exact) mass is 366 g/mol. The van der Waals surface area contributed by atoms with Gasteiger partial charge in [-0.3, -0.25) is 14.6 Å². The van der Waals surface area contributed by atoms with Crippen molar-refractivity contribution in [2.45, 2.75) is 26.0 Å². The van der Waals surface area contributed by atoms with Gasteiger partial charge in [0.1, 0.15) is 0 Å². The molecule has 1 saturated heterocycles. The minimum atomic E-state index is -0.822. The lowest BCUT2D eigenvalue weighted by Gasteiger charge is -2.34. The molecular formula is C19H30N2O5. The van der Waals surface area contributed by atoms with E-state index in [1.54, 1.807) is 19.1 Å². The molecule has 0 saturated carbocycles. The minimum Gasteiger partial charge on any atom is -0.493 e. The van der Waals surface area contributed by atoms with Gasteiger partial charge in [-0.1, -0.05) is 13.0 Å². The molecule has 0 amide bonds. The molecule has 0 aromatic heterocycles. The first-order valence-electron chi connectivity index (χ1n) is 9.05. The fraction of sp³-hybridized carbons (Fsp3) is 0.632. The van der Waals surface area contributed by atoms with E-state index in [1.165, 1.54) is 0 Å². The molecule has 1 heterocycles.